The first-order valence-corrected chi connectivity index (χ1v) is 5.74. The lowest BCUT2D eigenvalue weighted by Crippen LogP contribution is -2.45. The van der Waals surface area contributed by atoms with Gasteiger partial charge in [-0.15, -0.1) is 0 Å². The number of benzene rings is 1. The molecule has 0 fully saturated rings. The fraction of sp³-hybridized carbons (Fsp3) is 0.385. The third kappa shape index (κ3) is 3.30. The Labute approximate surface area is 106 Å². The molecule has 0 aliphatic carbocycles. The standard InChI is InChI=1S/C13H17NO4/c1-2-18-11(15)8-9-13(14,12(16)17)10-6-4-3-5-7-10/h3-7H,2,8-9,14H2,1H3,(H,16,17). The summed E-state index contributed by atoms with van der Waals surface area (Å²) in [6, 6.07) is 8.48. The topological polar surface area (TPSA) is 89.6 Å². The second-order valence-electron chi connectivity index (χ2n) is 3.95. The van der Waals surface area contributed by atoms with Crippen LogP contribution >= 0.6 is 0 Å². The molecule has 0 saturated heterocycles. The van der Waals surface area contributed by atoms with Gasteiger partial charge < -0.3 is 15.6 Å². The average molecular weight is 251 g/mol. The van der Waals surface area contributed by atoms with Crippen molar-refractivity contribution in [2.75, 3.05) is 6.61 Å². The number of rotatable bonds is 6. The summed E-state index contributed by atoms with van der Waals surface area (Å²) in [5.74, 6) is -1.59. The van der Waals surface area contributed by atoms with Crippen LogP contribution in [0, 0.1) is 0 Å². The first-order valence-electron chi connectivity index (χ1n) is 5.74. The van der Waals surface area contributed by atoms with E-state index in [1.807, 2.05) is 0 Å². The molecule has 1 unspecified atom stereocenters. The van der Waals surface area contributed by atoms with Crippen molar-refractivity contribution in [2.24, 2.45) is 5.73 Å². The Bertz CT molecular complexity index is 418. The van der Waals surface area contributed by atoms with Crippen LogP contribution in [-0.4, -0.2) is 23.7 Å². The largest absolute Gasteiger partial charge is 0.480 e. The lowest BCUT2D eigenvalue weighted by Gasteiger charge is -2.24. The lowest BCUT2D eigenvalue weighted by molar-refractivity contribution is -0.146. The summed E-state index contributed by atoms with van der Waals surface area (Å²) in [6.45, 7) is 1.97. The number of hydrogen-bond acceptors (Lipinski definition) is 4. The minimum atomic E-state index is -1.56. The summed E-state index contributed by atoms with van der Waals surface area (Å²) < 4.78 is 4.77. The molecule has 5 nitrogen and oxygen atoms in total. The van der Waals surface area contributed by atoms with Crippen LogP contribution < -0.4 is 5.73 Å². The Morgan fingerprint density at radius 1 is 1.33 bits per heavy atom. The van der Waals surface area contributed by atoms with Gasteiger partial charge in [0.15, 0.2) is 0 Å². The maximum Gasteiger partial charge on any atom is 0.328 e. The SMILES string of the molecule is CCOC(=O)CCC(N)(C(=O)O)c1ccccc1. The van der Waals surface area contributed by atoms with Crippen molar-refractivity contribution < 1.29 is 19.4 Å². The van der Waals surface area contributed by atoms with Crippen molar-refractivity contribution in [3.8, 4) is 0 Å². The van der Waals surface area contributed by atoms with Crippen molar-refractivity contribution in [1.29, 1.82) is 0 Å². The van der Waals surface area contributed by atoms with Gasteiger partial charge in [0.1, 0.15) is 5.54 Å². The van der Waals surface area contributed by atoms with E-state index in [1.54, 1.807) is 37.3 Å². The molecule has 5 heteroatoms. The molecule has 98 valence electrons. The molecule has 1 aromatic carbocycles. The summed E-state index contributed by atoms with van der Waals surface area (Å²) in [5.41, 5.74) is 4.81. The van der Waals surface area contributed by atoms with Crippen LogP contribution in [0.2, 0.25) is 0 Å². The quantitative estimate of drug-likeness (QED) is 0.743. The Kier molecular flexibility index (Phi) is 4.85. The van der Waals surface area contributed by atoms with E-state index in [1.165, 1.54) is 0 Å². The van der Waals surface area contributed by atoms with Crippen LogP contribution in [0.5, 0.6) is 0 Å². The Morgan fingerprint density at radius 3 is 2.44 bits per heavy atom. The van der Waals surface area contributed by atoms with Crippen LogP contribution in [0.3, 0.4) is 0 Å². The van der Waals surface area contributed by atoms with Gasteiger partial charge in [-0.25, -0.2) is 4.79 Å². The summed E-state index contributed by atoms with van der Waals surface area (Å²) >= 11 is 0. The highest BCUT2D eigenvalue weighted by atomic mass is 16.5. The number of carboxylic acids is 1. The zero-order valence-corrected chi connectivity index (χ0v) is 10.3. The van der Waals surface area contributed by atoms with E-state index in [2.05, 4.69) is 0 Å². The molecular weight excluding hydrogens is 234 g/mol. The molecule has 1 atom stereocenters. The molecule has 0 aliphatic heterocycles. The van der Waals surface area contributed by atoms with E-state index >= 15 is 0 Å². The van der Waals surface area contributed by atoms with Gasteiger partial charge in [-0.3, -0.25) is 4.79 Å². The predicted molar refractivity (Wildman–Crippen MR) is 65.8 cm³/mol. The van der Waals surface area contributed by atoms with Gasteiger partial charge in [0.05, 0.1) is 6.61 Å². The molecule has 0 radical (unpaired) electrons. The van der Waals surface area contributed by atoms with E-state index in [0.717, 1.165) is 0 Å². The number of carbonyl (C=O) groups is 2. The summed E-state index contributed by atoms with van der Waals surface area (Å²) in [5, 5.41) is 9.25. The molecule has 0 amide bonds. The first kappa shape index (κ1) is 14.2. The fourth-order valence-corrected chi connectivity index (χ4v) is 1.64. The maximum absolute atomic E-state index is 11.3. The summed E-state index contributed by atoms with van der Waals surface area (Å²) in [6.07, 6.45) is -0.0171. The molecule has 0 heterocycles. The molecule has 0 aromatic heterocycles. The average Bonchev–Trinajstić information content (AvgIpc) is 2.37. The van der Waals surface area contributed by atoms with Crippen molar-refractivity contribution in [2.45, 2.75) is 25.3 Å². The van der Waals surface area contributed by atoms with Crippen molar-refractivity contribution >= 4 is 11.9 Å². The molecule has 18 heavy (non-hydrogen) atoms. The maximum atomic E-state index is 11.3. The monoisotopic (exact) mass is 251 g/mol. The van der Waals surface area contributed by atoms with Gasteiger partial charge >= 0.3 is 11.9 Å². The van der Waals surface area contributed by atoms with Crippen molar-refractivity contribution in [3.63, 3.8) is 0 Å². The van der Waals surface area contributed by atoms with Gasteiger partial charge in [0.25, 0.3) is 0 Å². The second kappa shape index (κ2) is 6.16. The minimum absolute atomic E-state index is 0.00514. The van der Waals surface area contributed by atoms with Gasteiger partial charge in [-0.1, -0.05) is 30.3 Å². The molecule has 1 rings (SSSR count). The smallest absolute Gasteiger partial charge is 0.328 e. The summed E-state index contributed by atoms with van der Waals surface area (Å²) in [7, 11) is 0. The predicted octanol–water partition coefficient (Wildman–Crippen LogP) is 1.27. The summed E-state index contributed by atoms with van der Waals surface area (Å²) in [4.78, 5) is 22.6. The van der Waals surface area contributed by atoms with Crippen LogP contribution in [0.15, 0.2) is 30.3 Å². The van der Waals surface area contributed by atoms with E-state index in [0.29, 0.717) is 5.56 Å². The van der Waals surface area contributed by atoms with E-state index in [4.69, 9.17) is 10.5 Å². The van der Waals surface area contributed by atoms with E-state index in [-0.39, 0.29) is 19.4 Å². The highest BCUT2D eigenvalue weighted by molar-refractivity contribution is 5.81. The molecule has 0 saturated carbocycles. The fourth-order valence-electron chi connectivity index (χ4n) is 1.64. The normalized spacial score (nSPS) is 13.7. The third-order valence-corrected chi connectivity index (χ3v) is 2.70. The highest BCUT2D eigenvalue weighted by Gasteiger charge is 2.36. The van der Waals surface area contributed by atoms with Crippen LogP contribution in [-0.2, 0) is 19.9 Å². The Balaban J connectivity index is 2.82. The number of nitrogens with two attached hydrogens (primary N) is 1. The second-order valence-corrected chi connectivity index (χ2v) is 3.95. The van der Waals surface area contributed by atoms with Crippen LogP contribution in [0.4, 0.5) is 0 Å². The molecule has 0 spiro atoms. The van der Waals surface area contributed by atoms with E-state index < -0.39 is 17.5 Å². The zero-order chi connectivity index (χ0) is 13.6. The number of esters is 1. The number of aliphatic carboxylic acids is 1. The van der Waals surface area contributed by atoms with E-state index in [9.17, 15) is 14.7 Å². The number of carboxylic acid groups (broad SMARTS) is 1. The van der Waals surface area contributed by atoms with Crippen molar-refractivity contribution in [1.82, 2.24) is 0 Å². The van der Waals surface area contributed by atoms with Gasteiger partial charge in [-0.2, -0.15) is 0 Å². The van der Waals surface area contributed by atoms with Gasteiger partial charge in [0, 0.05) is 6.42 Å². The first-order chi connectivity index (χ1) is 8.50. The van der Waals surface area contributed by atoms with Crippen LogP contribution in [0.1, 0.15) is 25.3 Å². The van der Waals surface area contributed by atoms with Gasteiger partial charge in [0.2, 0.25) is 0 Å². The number of ether oxygens (including phenoxy) is 1. The molecule has 3 N–H and O–H groups in total. The van der Waals surface area contributed by atoms with Gasteiger partial charge in [-0.05, 0) is 18.9 Å². The molecule has 0 aliphatic rings. The number of hydrogen-bond donors (Lipinski definition) is 2. The van der Waals surface area contributed by atoms with Crippen LogP contribution in [0.25, 0.3) is 0 Å². The number of carbonyl (C=O) groups excluding carboxylic acids is 1. The lowest BCUT2D eigenvalue weighted by atomic mass is 9.86. The third-order valence-electron chi connectivity index (χ3n) is 2.70. The Hall–Kier alpha value is -1.88. The molecular formula is C13H17NO4. The highest BCUT2D eigenvalue weighted by Crippen LogP contribution is 2.24. The zero-order valence-electron chi connectivity index (χ0n) is 10.3. The van der Waals surface area contributed by atoms with Crippen molar-refractivity contribution in [3.05, 3.63) is 35.9 Å². The Morgan fingerprint density at radius 2 is 1.94 bits per heavy atom. The molecule has 1 aromatic rings. The minimum Gasteiger partial charge on any atom is -0.480 e. The molecule has 0 bridgehead atoms.